The van der Waals surface area contributed by atoms with Crippen molar-refractivity contribution in [3.8, 4) is 23.6 Å². The van der Waals surface area contributed by atoms with E-state index in [0.717, 1.165) is 7.11 Å². The summed E-state index contributed by atoms with van der Waals surface area (Å²) in [6, 6.07) is 9.55. The van der Waals surface area contributed by atoms with Gasteiger partial charge in [-0.1, -0.05) is 12.1 Å². The molecular weight excluding hydrogens is 304 g/mol. The maximum atomic E-state index is 14.5. The molecule has 0 spiro atoms. The molecule has 116 valence electrons. The molecule has 0 heterocycles. The zero-order valence-corrected chi connectivity index (χ0v) is 12.3. The molecule has 0 aromatic heterocycles. The summed E-state index contributed by atoms with van der Waals surface area (Å²) in [5, 5.41) is 20.6. The van der Waals surface area contributed by atoms with Gasteiger partial charge in [0, 0.05) is 0 Å². The van der Waals surface area contributed by atoms with E-state index >= 15 is 0 Å². The zero-order chi connectivity index (χ0) is 17.0. The van der Waals surface area contributed by atoms with E-state index in [1.165, 1.54) is 19.2 Å². The third kappa shape index (κ3) is 2.72. The Labute approximate surface area is 131 Å². The van der Waals surface area contributed by atoms with E-state index in [0.29, 0.717) is 11.4 Å². The topological polar surface area (TPSA) is 78.1 Å². The molecule has 2 aromatic carbocycles. The molecule has 5 nitrogen and oxygen atoms in total. The third-order valence-electron chi connectivity index (χ3n) is 3.13. The van der Waals surface area contributed by atoms with Crippen molar-refractivity contribution in [3.05, 3.63) is 47.0 Å². The van der Waals surface area contributed by atoms with Crippen molar-refractivity contribution >= 4 is 11.4 Å². The smallest absolute Gasteiger partial charge is 0.186 e. The molecule has 0 saturated carbocycles. The molecular formula is C16H11F2N3O2. The first-order valence-corrected chi connectivity index (χ1v) is 6.38. The number of methoxy groups -OCH3 is 2. The Morgan fingerprint density at radius 3 is 2.13 bits per heavy atom. The highest BCUT2D eigenvalue weighted by molar-refractivity contribution is 5.75. The molecule has 23 heavy (non-hydrogen) atoms. The van der Waals surface area contributed by atoms with Crippen LogP contribution < -0.4 is 14.8 Å². The van der Waals surface area contributed by atoms with Crippen LogP contribution in [-0.2, 0) is 0 Å². The molecule has 0 saturated heterocycles. The van der Waals surface area contributed by atoms with Gasteiger partial charge in [0.2, 0.25) is 0 Å². The Bertz CT molecular complexity index is 835. The van der Waals surface area contributed by atoms with Crippen LogP contribution >= 0.6 is 0 Å². The van der Waals surface area contributed by atoms with Gasteiger partial charge in [-0.15, -0.1) is 0 Å². The van der Waals surface area contributed by atoms with Crippen LogP contribution in [0.1, 0.15) is 11.1 Å². The largest absolute Gasteiger partial charge is 0.495 e. The van der Waals surface area contributed by atoms with Crippen LogP contribution in [0, 0.1) is 34.3 Å². The van der Waals surface area contributed by atoms with Gasteiger partial charge in [-0.25, -0.2) is 8.78 Å². The number of benzene rings is 2. The average molecular weight is 315 g/mol. The SMILES string of the molecule is COc1ccccc1Nc1c(F)c(C#N)c(C#N)c(F)c1OC. The minimum Gasteiger partial charge on any atom is -0.495 e. The van der Waals surface area contributed by atoms with Crippen LogP contribution in [0.15, 0.2) is 24.3 Å². The predicted molar refractivity (Wildman–Crippen MR) is 78.6 cm³/mol. The van der Waals surface area contributed by atoms with E-state index in [2.05, 4.69) is 5.32 Å². The molecule has 2 aromatic rings. The van der Waals surface area contributed by atoms with Gasteiger partial charge >= 0.3 is 0 Å². The third-order valence-corrected chi connectivity index (χ3v) is 3.13. The summed E-state index contributed by atoms with van der Waals surface area (Å²) < 4.78 is 38.8. The number of rotatable bonds is 4. The molecule has 7 heteroatoms. The van der Waals surface area contributed by atoms with Crippen molar-refractivity contribution in [2.45, 2.75) is 0 Å². The van der Waals surface area contributed by atoms with Gasteiger partial charge < -0.3 is 14.8 Å². The fourth-order valence-electron chi connectivity index (χ4n) is 2.06. The maximum Gasteiger partial charge on any atom is 0.186 e. The monoisotopic (exact) mass is 315 g/mol. The van der Waals surface area contributed by atoms with E-state index in [1.54, 1.807) is 24.3 Å². The molecule has 1 N–H and O–H groups in total. The number of para-hydroxylation sites is 2. The lowest BCUT2D eigenvalue weighted by molar-refractivity contribution is 0.384. The van der Waals surface area contributed by atoms with Gasteiger partial charge in [-0.2, -0.15) is 10.5 Å². The standard InChI is InChI=1S/C16H11F2N3O2/c1-22-12-6-4-3-5-11(12)21-15-13(17)9(7-19)10(8-20)14(18)16(15)23-2/h3-6,21H,1-2H3. The van der Waals surface area contributed by atoms with Crippen molar-refractivity contribution < 1.29 is 18.3 Å². The minimum absolute atomic E-state index is 0.347. The van der Waals surface area contributed by atoms with Gasteiger partial charge in [0.05, 0.1) is 19.9 Å². The van der Waals surface area contributed by atoms with Crippen molar-refractivity contribution in [1.29, 1.82) is 10.5 Å². The number of nitrogens with zero attached hydrogens (tertiary/aromatic N) is 2. The van der Waals surface area contributed by atoms with E-state index in [-0.39, 0.29) is 5.69 Å². The van der Waals surface area contributed by atoms with E-state index in [9.17, 15) is 8.78 Å². The Hall–Kier alpha value is -3.32. The molecule has 0 aliphatic rings. The highest BCUT2D eigenvalue weighted by Crippen LogP contribution is 2.39. The number of nitriles is 2. The van der Waals surface area contributed by atoms with Crippen LogP contribution in [0.3, 0.4) is 0 Å². The molecule has 0 radical (unpaired) electrons. The normalized spacial score (nSPS) is 9.65. The summed E-state index contributed by atoms with van der Waals surface area (Å²) in [7, 11) is 2.56. The fraction of sp³-hybridized carbons (Fsp3) is 0.125. The number of hydrogen-bond donors (Lipinski definition) is 1. The second-order valence-corrected chi connectivity index (χ2v) is 4.34. The number of ether oxygens (including phenoxy) is 2. The Morgan fingerprint density at radius 1 is 0.957 bits per heavy atom. The van der Waals surface area contributed by atoms with E-state index < -0.39 is 28.5 Å². The van der Waals surface area contributed by atoms with Crippen molar-refractivity contribution in [1.82, 2.24) is 0 Å². The van der Waals surface area contributed by atoms with E-state index in [4.69, 9.17) is 20.0 Å². The van der Waals surface area contributed by atoms with Gasteiger partial charge in [-0.3, -0.25) is 0 Å². The Morgan fingerprint density at radius 2 is 1.57 bits per heavy atom. The van der Waals surface area contributed by atoms with Crippen LogP contribution in [0.4, 0.5) is 20.2 Å². The first-order chi connectivity index (χ1) is 11.1. The molecule has 0 bridgehead atoms. The summed E-state index contributed by atoms with van der Waals surface area (Å²) in [4.78, 5) is 0. The number of hydrogen-bond acceptors (Lipinski definition) is 5. The second kappa shape index (κ2) is 6.63. The second-order valence-electron chi connectivity index (χ2n) is 4.34. The summed E-state index contributed by atoms with van der Waals surface area (Å²) >= 11 is 0. The van der Waals surface area contributed by atoms with Crippen LogP contribution in [0.5, 0.6) is 11.5 Å². The average Bonchev–Trinajstić information content (AvgIpc) is 2.58. The first kappa shape index (κ1) is 16.1. The molecule has 0 atom stereocenters. The lowest BCUT2D eigenvalue weighted by Gasteiger charge is -2.16. The predicted octanol–water partition coefficient (Wildman–Crippen LogP) is 3.47. The molecule has 0 aliphatic carbocycles. The molecule has 0 amide bonds. The van der Waals surface area contributed by atoms with Gasteiger partial charge in [0.15, 0.2) is 17.4 Å². The number of halogens is 2. The summed E-state index contributed by atoms with van der Waals surface area (Å²) in [5.41, 5.74) is -1.43. The maximum absolute atomic E-state index is 14.5. The first-order valence-electron chi connectivity index (χ1n) is 6.38. The number of anilines is 2. The number of nitrogens with one attached hydrogen (secondary N) is 1. The summed E-state index contributed by atoms with van der Waals surface area (Å²) in [6.45, 7) is 0. The van der Waals surface area contributed by atoms with Crippen LogP contribution in [0.2, 0.25) is 0 Å². The van der Waals surface area contributed by atoms with Gasteiger partial charge in [0.1, 0.15) is 34.7 Å². The molecule has 0 unspecified atom stereocenters. The highest BCUT2D eigenvalue weighted by atomic mass is 19.1. The molecule has 0 aliphatic heterocycles. The Balaban J connectivity index is 2.70. The van der Waals surface area contributed by atoms with Crippen molar-refractivity contribution in [2.75, 3.05) is 19.5 Å². The van der Waals surface area contributed by atoms with Crippen LogP contribution in [-0.4, -0.2) is 14.2 Å². The fourth-order valence-corrected chi connectivity index (χ4v) is 2.06. The quantitative estimate of drug-likeness (QED) is 0.934. The zero-order valence-electron chi connectivity index (χ0n) is 12.3. The summed E-state index contributed by atoms with van der Waals surface area (Å²) in [6.07, 6.45) is 0. The lowest BCUT2D eigenvalue weighted by Crippen LogP contribution is -2.06. The lowest BCUT2D eigenvalue weighted by atomic mass is 10.1. The minimum atomic E-state index is -1.11. The summed E-state index contributed by atoms with van der Waals surface area (Å²) in [5.74, 6) is -2.29. The van der Waals surface area contributed by atoms with E-state index in [1.807, 2.05) is 0 Å². The van der Waals surface area contributed by atoms with Crippen LogP contribution in [0.25, 0.3) is 0 Å². The van der Waals surface area contributed by atoms with Crippen molar-refractivity contribution in [3.63, 3.8) is 0 Å². The Kier molecular flexibility index (Phi) is 4.63. The van der Waals surface area contributed by atoms with Gasteiger partial charge in [0.25, 0.3) is 0 Å². The van der Waals surface area contributed by atoms with Gasteiger partial charge in [-0.05, 0) is 12.1 Å². The highest BCUT2D eigenvalue weighted by Gasteiger charge is 2.26. The molecule has 2 rings (SSSR count). The van der Waals surface area contributed by atoms with Crippen molar-refractivity contribution in [2.24, 2.45) is 0 Å². The molecule has 0 fully saturated rings.